The standard InChI is InChI=1S/C14H19N3O2/c1-10(11-5-4-7-15-9-11)17-8-6-12(18)16-14(2,3)13(17)19/h4-5,7,9-10H,6,8H2,1-3H3,(H,16,18). The van der Waals surface area contributed by atoms with Gasteiger partial charge in [-0.1, -0.05) is 6.07 Å². The Morgan fingerprint density at radius 3 is 2.79 bits per heavy atom. The zero-order chi connectivity index (χ0) is 14.0. The van der Waals surface area contributed by atoms with Crippen LogP contribution >= 0.6 is 0 Å². The molecule has 1 aliphatic rings. The van der Waals surface area contributed by atoms with Crippen molar-refractivity contribution < 1.29 is 9.59 Å². The highest BCUT2D eigenvalue weighted by molar-refractivity contribution is 5.93. The van der Waals surface area contributed by atoms with Gasteiger partial charge in [-0.05, 0) is 32.4 Å². The third-order valence-corrected chi connectivity index (χ3v) is 3.46. The highest BCUT2D eigenvalue weighted by atomic mass is 16.2. The molecule has 1 N–H and O–H groups in total. The number of rotatable bonds is 2. The van der Waals surface area contributed by atoms with Gasteiger partial charge in [0.1, 0.15) is 5.54 Å². The lowest BCUT2D eigenvalue weighted by atomic mass is 10.0. The summed E-state index contributed by atoms with van der Waals surface area (Å²) in [7, 11) is 0. The van der Waals surface area contributed by atoms with Crippen LogP contribution in [0, 0.1) is 0 Å². The third-order valence-electron chi connectivity index (χ3n) is 3.46. The molecule has 0 spiro atoms. The minimum atomic E-state index is -0.857. The molecule has 0 bridgehead atoms. The number of hydrogen-bond acceptors (Lipinski definition) is 3. The fraction of sp³-hybridized carbons (Fsp3) is 0.500. The third kappa shape index (κ3) is 2.75. The van der Waals surface area contributed by atoms with Gasteiger partial charge in [-0.15, -0.1) is 0 Å². The summed E-state index contributed by atoms with van der Waals surface area (Å²) in [4.78, 5) is 30.0. The molecule has 1 aliphatic heterocycles. The predicted octanol–water partition coefficient (Wildman–Crippen LogP) is 1.27. The summed E-state index contributed by atoms with van der Waals surface area (Å²) >= 11 is 0. The van der Waals surface area contributed by atoms with Crippen molar-refractivity contribution in [2.75, 3.05) is 6.54 Å². The first-order valence-corrected chi connectivity index (χ1v) is 6.44. The summed E-state index contributed by atoms with van der Waals surface area (Å²) in [5.74, 6) is -0.145. The Kier molecular flexibility index (Phi) is 3.55. The smallest absolute Gasteiger partial charge is 0.248 e. The van der Waals surface area contributed by atoms with Gasteiger partial charge >= 0.3 is 0 Å². The van der Waals surface area contributed by atoms with Crippen molar-refractivity contribution in [1.29, 1.82) is 0 Å². The van der Waals surface area contributed by atoms with Gasteiger partial charge in [0.25, 0.3) is 0 Å². The molecule has 5 nitrogen and oxygen atoms in total. The molecule has 2 amide bonds. The van der Waals surface area contributed by atoms with Crippen LogP contribution in [0.1, 0.15) is 38.8 Å². The Morgan fingerprint density at radius 1 is 1.42 bits per heavy atom. The van der Waals surface area contributed by atoms with Crippen molar-refractivity contribution in [3.8, 4) is 0 Å². The number of nitrogens with zero attached hydrogens (tertiary/aromatic N) is 2. The van der Waals surface area contributed by atoms with Crippen molar-refractivity contribution in [2.24, 2.45) is 0 Å². The van der Waals surface area contributed by atoms with Crippen LogP contribution in [0.15, 0.2) is 24.5 Å². The summed E-state index contributed by atoms with van der Waals surface area (Å²) in [5, 5.41) is 2.76. The molecule has 0 saturated carbocycles. The Morgan fingerprint density at radius 2 is 2.16 bits per heavy atom. The zero-order valence-corrected chi connectivity index (χ0v) is 11.5. The van der Waals surface area contributed by atoms with E-state index in [1.165, 1.54) is 0 Å². The normalized spacial score (nSPS) is 20.7. The lowest BCUT2D eigenvalue weighted by molar-refractivity contribution is -0.139. The summed E-state index contributed by atoms with van der Waals surface area (Å²) < 4.78 is 0. The first kappa shape index (κ1) is 13.5. The fourth-order valence-electron chi connectivity index (χ4n) is 2.32. The molecule has 0 aliphatic carbocycles. The van der Waals surface area contributed by atoms with Crippen molar-refractivity contribution in [3.63, 3.8) is 0 Å². The SMILES string of the molecule is CC(c1cccnc1)N1CCC(=O)NC(C)(C)C1=O. The molecule has 19 heavy (non-hydrogen) atoms. The van der Waals surface area contributed by atoms with Gasteiger partial charge in [0.15, 0.2) is 0 Å². The molecule has 102 valence electrons. The van der Waals surface area contributed by atoms with Gasteiger partial charge in [0.05, 0.1) is 6.04 Å². The van der Waals surface area contributed by atoms with Crippen LogP contribution in [0.4, 0.5) is 0 Å². The Balaban J connectivity index is 2.28. The highest BCUT2D eigenvalue weighted by Crippen LogP contribution is 2.24. The minimum absolute atomic E-state index is 0.0605. The van der Waals surface area contributed by atoms with Gasteiger partial charge in [0, 0.05) is 25.4 Å². The number of amides is 2. The molecule has 1 aromatic heterocycles. The van der Waals surface area contributed by atoms with Crippen molar-refractivity contribution >= 4 is 11.8 Å². The Bertz CT molecular complexity index is 485. The van der Waals surface area contributed by atoms with E-state index < -0.39 is 5.54 Å². The first-order valence-electron chi connectivity index (χ1n) is 6.44. The molecule has 1 aromatic rings. The molecule has 1 atom stereocenters. The van der Waals surface area contributed by atoms with Crippen LogP contribution in [-0.4, -0.2) is 33.8 Å². The molecule has 2 heterocycles. The van der Waals surface area contributed by atoms with Crippen LogP contribution in [0.3, 0.4) is 0 Å². The number of nitrogens with one attached hydrogen (secondary N) is 1. The Hall–Kier alpha value is -1.91. The summed E-state index contributed by atoms with van der Waals surface area (Å²) in [6, 6.07) is 3.70. The zero-order valence-electron chi connectivity index (χ0n) is 11.5. The largest absolute Gasteiger partial charge is 0.342 e. The van der Waals surface area contributed by atoms with E-state index in [0.29, 0.717) is 13.0 Å². The van der Waals surface area contributed by atoms with E-state index in [4.69, 9.17) is 0 Å². The van der Waals surface area contributed by atoms with Gasteiger partial charge in [-0.3, -0.25) is 14.6 Å². The summed E-state index contributed by atoms with van der Waals surface area (Å²) in [6.45, 7) is 5.87. The number of pyridine rings is 1. The van der Waals surface area contributed by atoms with Gasteiger partial charge in [0.2, 0.25) is 11.8 Å². The van der Waals surface area contributed by atoms with Crippen LogP contribution < -0.4 is 5.32 Å². The molecular formula is C14H19N3O2. The monoisotopic (exact) mass is 261 g/mol. The van der Waals surface area contributed by atoms with E-state index in [2.05, 4.69) is 10.3 Å². The molecule has 0 aromatic carbocycles. The number of hydrogen-bond donors (Lipinski definition) is 1. The lowest BCUT2D eigenvalue weighted by Crippen LogP contribution is -2.53. The van der Waals surface area contributed by atoms with Crippen molar-refractivity contribution in [2.45, 2.75) is 38.8 Å². The number of carbonyl (C=O) groups is 2. The number of aromatic nitrogens is 1. The second-order valence-corrected chi connectivity index (χ2v) is 5.38. The van der Waals surface area contributed by atoms with E-state index in [9.17, 15) is 9.59 Å². The highest BCUT2D eigenvalue weighted by Gasteiger charge is 2.38. The minimum Gasteiger partial charge on any atom is -0.342 e. The van der Waals surface area contributed by atoms with E-state index in [1.54, 1.807) is 31.1 Å². The molecular weight excluding hydrogens is 242 g/mol. The fourth-order valence-corrected chi connectivity index (χ4v) is 2.32. The van der Waals surface area contributed by atoms with Gasteiger partial charge < -0.3 is 10.2 Å². The van der Waals surface area contributed by atoms with Crippen LogP contribution in [-0.2, 0) is 9.59 Å². The topological polar surface area (TPSA) is 62.3 Å². The van der Waals surface area contributed by atoms with Crippen LogP contribution in [0.5, 0.6) is 0 Å². The van der Waals surface area contributed by atoms with E-state index in [-0.39, 0.29) is 17.9 Å². The molecule has 5 heteroatoms. The van der Waals surface area contributed by atoms with Crippen molar-refractivity contribution in [3.05, 3.63) is 30.1 Å². The molecule has 1 unspecified atom stereocenters. The first-order chi connectivity index (χ1) is 8.92. The van der Waals surface area contributed by atoms with E-state index >= 15 is 0 Å². The molecule has 2 rings (SSSR count). The van der Waals surface area contributed by atoms with Gasteiger partial charge in [-0.2, -0.15) is 0 Å². The molecule has 1 fully saturated rings. The summed E-state index contributed by atoms with van der Waals surface area (Å²) in [5.41, 5.74) is 0.116. The van der Waals surface area contributed by atoms with Crippen molar-refractivity contribution in [1.82, 2.24) is 15.2 Å². The van der Waals surface area contributed by atoms with E-state index in [1.807, 2.05) is 19.1 Å². The molecule has 1 saturated heterocycles. The van der Waals surface area contributed by atoms with Crippen LogP contribution in [0.2, 0.25) is 0 Å². The summed E-state index contributed by atoms with van der Waals surface area (Å²) in [6.07, 6.45) is 3.79. The maximum atomic E-state index is 12.5. The maximum absolute atomic E-state index is 12.5. The Labute approximate surface area is 113 Å². The van der Waals surface area contributed by atoms with E-state index in [0.717, 1.165) is 5.56 Å². The average molecular weight is 261 g/mol. The number of carbonyl (C=O) groups excluding carboxylic acids is 2. The predicted molar refractivity (Wildman–Crippen MR) is 71.2 cm³/mol. The van der Waals surface area contributed by atoms with Gasteiger partial charge in [-0.25, -0.2) is 0 Å². The average Bonchev–Trinajstić information content (AvgIpc) is 2.47. The second-order valence-electron chi connectivity index (χ2n) is 5.38. The lowest BCUT2D eigenvalue weighted by Gasteiger charge is -2.33. The second kappa shape index (κ2) is 4.99. The maximum Gasteiger partial charge on any atom is 0.248 e. The molecule has 0 radical (unpaired) electrons. The van der Waals surface area contributed by atoms with Crippen LogP contribution in [0.25, 0.3) is 0 Å². The quantitative estimate of drug-likeness (QED) is 0.872.